The van der Waals surface area contributed by atoms with Gasteiger partial charge in [0.15, 0.2) is 0 Å². The Labute approximate surface area is 133 Å². The van der Waals surface area contributed by atoms with Crippen LogP contribution in [-0.2, 0) is 4.79 Å². The van der Waals surface area contributed by atoms with Crippen LogP contribution >= 0.6 is 35.1 Å². The molecular weight excluding hydrogens is 312 g/mol. The summed E-state index contributed by atoms with van der Waals surface area (Å²) in [5, 5.41) is 6.67. The Morgan fingerprint density at radius 2 is 2.10 bits per heavy atom. The molecule has 0 spiro atoms. The van der Waals surface area contributed by atoms with E-state index in [1.807, 2.05) is 42.6 Å². The van der Waals surface area contributed by atoms with Gasteiger partial charge in [-0.3, -0.25) is 4.79 Å². The van der Waals surface area contributed by atoms with Gasteiger partial charge in [-0.15, -0.1) is 23.5 Å². The molecule has 0 aromatic heterocycles. The standard InChI is InChI=1S/C14H19ClN2OS2/c1-10(16-7-6-13-19-8-9-20-13)14(18)17-12-5-3-2-4-11(12)15/h2-5,10,13,16H,6-9H2,1H3,(H,17,18). The molecule has 2 N–H and O–H groups in total. The van der Waals surface area contributed by atoms with Crippen molar-refractivity contribution in [3.8, 4) is 0 Å². The summed E-state index contributed by atoms with van der Waals surface area (Å²) in [6.07, 6.45) is 1.10. The van der Waals surface area contributed by atoms with Crippen LogP contribution in [0.1, 0.15) is 13.3 Å². The lowest BCUT2D eigenvalue weighted by Crippen LogP contribution is -2.39. The first-order valence-electron chi connectivity index (χ1n) is 6.69. The van der Waals surface area contributed by atoms with Gasteiger partial charge in [-0.05, 0) is 32.0 Å². The first kappa shape index (κ1) is 16.0. The Bertz CT molecular complexity index is 453. The summed E-state index contributed by atoms with van der Waals surface area (Å²) in [4.78, 5) is 12.0. The average molecular weight is 331 g/mol. The van der Waals surface area contributed by atoms with E-state index in [1.54, 1.807) is 12.1 Å². The summed E-state index contributed by atoms with van der Waals surface area (Å²) in [5.41, 5.74) is 0.662. The Morgan fingerprint density at radius 1 is 1.40 bits per heavy atom. The molecule has 1 heterocycles. The molecule has 6 heteroatoms. The third kappa shape index (κ3) is 4.88. The molecule has 1 aliphatic rings. The minimum Gasteiger partial charge on any atom is -0.323 e. The minimum absolute atomic E-state index is 0.0511. The quantitative estimate of drug-likeness (QED) is 0.838. The number of carbonyl (C=O) groups is 1. The van der Waals surface area contributed by atoms with Gasteiger partial charge in [-0.1, -0.05) is 23.7 Å². The number of rotatable bonds is 6. The number of thioether (sulfide) groups is 2. The number of nitrogens with one attached hydrogen (secondary N) is 2. The van der Waals surface area contributed by atoms with Gasteiger partial charge in [0.1, 0.15) is 0 Å². The van der Waals surface area contributed by atoms with Crippen LogP contribution in [0.2, 0.25) is 5.02 Å². The third-order valence-electron chi connectivity index (χ3n) is 3.05. The van der Waals surface area contributed by atoms with E-state index < -0.39 is 0 Å². The molecule has 1 aromatic carbocycles. The highest BCUT2D eigenvalue weighted by Gasteiger charge is 2.17. The van der Waals surface area contributed by atoms with Crippen LogP contribution in [-0.4, -0.2) is 34.6 Å². The van der Waals surface area contributed by atoms with Crippen LogP contribution < -0.4 is 10.6 Å². The number of hydrogen-bond acceptors (Lipinski definition) is 4. The fourth-order valence-electron chi connectivity index (χ4n) is 1.89. The van der Waals surface area contributed by atoms with E-state index >= 15 is 0 Å². The molecule has 0 aliphatic carbocycles. The molecule has 1 aliphatic heterocycles. The van der Waals surface area contributed by atoms with Gasteiger partial charge in [0, 0.05) is 11.5 Å². The maximum absolute atomic E-state index is 12.0. The van der Waals surface area contributed by atoms with Crippen molar-refractivity contribution >= 4 is 46.7 Å². The second-order valence-electron chi connectivity index (χ2n) is 4.60. The summed E-state index contributed by atoms with van der Waals surface area (Å²) >= 11 is 10.0. The van der Waals surface area contributed by atoms with Crippen molar-refractivity contribution in [1.29, 1.82) is 0 Å². The minimum atomic E-state index is -0.220. The highest BCUT2D eigenvalue weighted by Crippen LogP contribution is 2.33. The first-order valence-corrected chi connectivity index (χ1v) is 9.16. The molecule has 0 saturated carbocycles. The zero-order valence-electron chi connectivity index (χ0n) is 11.4. The highest BCUT2D eigenvalue weighted by molar-refractivity contribution is 8.20. The van der Waals surface area contributed by atoms with Crippen LogP contribution in [0.4, 0.5) is 5.69 Å². The lowest BCUT2D eigenvalue weighted by atomic mass is 10.2. The van der Waals surface area contributed by atoms with E-state index in [2.05, 4.69) is 10.6 Å². The molecule has 1 aromatic rings. The van der Waals surface area contributed by atoms with Gasteiger partial charge in [-0.25, -0.2) is 0 Å². The van der Waals surface area contributed by atoms with Crippen LogP contribution in [0.3, 0.4) is 0 Å². The summed E-state index contributed by atoms with van der Waals surface area (Å²) in [6.45, 7) is 2.74. The van der Waals surface area contributed by atoms with Crippen molar-refractivity contribution in [2.45, 2.75) is 24.0 Å². The molecule has 1 amide bonds. The maximum atomic E-state index is 12.0. The van der Waals surface area contributed by atoms with Gasteiger partial charge in [-0.2, -0.15) is 0 Å². The first-order chi connectivity index (χ1) is 9.66. The summed E-state index contributed by atoms with van der Waals surface area (Å²) in [7, 11) is 0. The van der Waals surface area contributed by atoms with E-state index in [0.717, 1.165) is 13.0 Å². The van der Waals surface area contributed by atoms with Crippen molar-refractivity contribution in [2.75, 3.05) is 23.4 Å². The monoisotopic (exact) mass is 330 g/mol. The molecule has 3 nitrogen and oxygen atoms in total. The average Bonchev–Trinajstić information content (AvgIpc) is 2.94. The molecule has 1 unspecified atom stereocenters. The number of hydrogen-bond donors (Lipinski definition) is 2. The number of amides is 1. The topological polar surface area (TPSA) is 41.1 Å². The molecular formula is C14H19ClN2OS2. The molecule has 1 atom stereocenters. The molecule has 2 rings (SSSR count). The molecule has 1 saturated heterocycles. The number of halogens is 1. The third-order valence-corrected chi connectivity index (χ3v) is 6.55. The number of benzene rings is 1. The zero-order chi connectivity index (χ0) is 14.4. The Morgan fingerprint density at radius 3 is 2.80 bits per heavy atom. The van der Waals surface area contributed by atoms with Crippen molar-refractivity contribution in [2.24, 2.45) is 0 Å². The SMILES string of the molecule is CC(NCCC1SCCS1)C(=O)Nc1ccccc1Cl. The maximum Gasteiger partial charge on any atom is 0.241 e. The molecule has 0 radical (unpaired) electrons. The van der Waals surface area contributed by atoms with Gasteiger partial charge < -0.3 is 10.6 Å². The zero-order valence-corrected chi connectivity index (χ0v) is 13.8. The van der Waals surface area contributed by atoms with E-state index in [9.17, 15) is 4.79 Å². The smallest absolute Gasteiger partial charge is 0.241 e. The normalized spacial score (nSPS) is 17.1. The number of anilines is 1. The second kappa shape index (κ2) is 8.17. The summed E-state index contributed by atoms with van der Waals surface area (Å²) in [6, 6.07) is 7.05. The van der Waals surface area contributed by atoms with Crippen LogP contribution in [0.15, 0.2) is 24.3 Å². The van der Waals surface area contributed by atoms with Crippen molar-refractivity contribution in [1.82, 2.24) is 5.32 Å². The van der Waals surface area contributed by atoms with Gasteiger partial charge >= 0.3 is 0 Å². The fraction of sp³-hybridized carbons (Fsp3) is 0.500. The van der Waals surface area contributed by atoms with E-state index in [-0.39, 0.29) is 11.9 Å². The van der Waals surface area contributed by atoms with E-state index in [4.69, 9.17) is 11.6 Å². The summed E-state index contributed by atoms with van der Waals surface area (Å²) < 4.78 is 0.682. The fourth-order valence-corrected chi connectivity index (χ4v) is 4.90. The predicted molar refractivity (Wildman–Crippen MR) is 90.9 cm³/mol. The van der Waals surface area contributed by atoms with Crippen LogP contribution in [0.5, 0.6) is 0 Å². The Kier molecular flexibility index (Phi) is 6.55. The van der Waals surface area contributed by atoms with Crippen molar-refractivity contribution in [3.63, 3.8) is 0 Å². The van der Waals surface area contributed by atoms with Gasteiger partial charge in [0.25, 0.3) is 0 Å². The molecule has 1 fully saturated rings. The lowest BCUT2D eigenvalue weighted by Gasteiger charge is -2.16. The highest BCUT2D eigenvalue weighted by atomic mass is 35.5. The lowest BCUT2D eigenvalue weighted by molar-refractivity contribution is -0.117. The molecule has 110 valence electrons. The second-order valence-corrected chi connectivity index (χ2v) is 7.93. The predicted octanol–water partition coefficient (Wildman–Crippen LogP) is 3.45. The van der Waals surface area contributed by atoms with E-state index in [1.165, 1.54) is 11.5 Å². The molecule has 0 bridgehead atoms. The van der Waals surface area contributed by atoms with Crippen LogP contribution in [0.25, 0.3) is 0 Å². The van der Waals surface area contributed by atoms with Crippen molar-refractivity contribution in [3.05, 3.63) is 29.3 Å². The Hall–Kier alpha value is -0.360. The number of para-hydroxylation sites is 1. The van der Waals surface area contributed by atoms with Crippen LogP contribution in [0, 0.1) is 0 Å². The van der Waals surface area contributed by atoms with Gasteiger partial charge in [0.05, 0.1) is 21.3 Å². The largest absolute Gasteiger partial charge is 0.323 e. The number of carbonyl (C=O) groups excluding carboxylic acids is 1. The Balaban J connectivity index is 1.73. The van der Waals surface area contributed by atoms with Gasteiger partial charge in [0.2, 0.25) is 5.91 Å². The summed E-state index contributed by atoms with van der Waals surface area (Å²) in [5.74, 6) is 2.44. The van der Waals surface area contributed by atoms with Crippen molar-refractivity contribution < 1.29 is 4.79 Å². The van der Waals surface area contributed by atoms with E-state index in [0.29, 0.717) is 15.3 Å². The molecule has 20 heavy (non-hydrogen) atoms.